The number of nitrogens with one attached hydrogen (secondary N) is 2. The number of aliphatic carboxylic acids is 1. The molecule has 2 rings (SSSR count). The second kappa shape index (κ2) is 5.61. The Labute approximate surface area is 135 Å². The van der Waals surface area contributed by atoms with Gasteiger partial charge in [-0.15, -0.1) is 0 Å². The number of carboxylic acids is 1. The number of carboxylic acid groups (broad SMARTS) is 1. The number of rotatable bonds is 5. The van der Waals surface area contributed by atoms with Crippen LogP contribution in [0, 0.1) is 24.2 Å². The zero-order chi connectivity index (χ0) is 17.6. The standard InChI is InChI=1S/C15H20N2O5S/c1-8-5-6-9(7-10(8)23(21,22)16-4)17-13(18)11-12(14(19)20)15(11,2)3/h5-7,11-12,16H,1-4H3,(H,17,18)(H,19,20)/t11-,12+/m0/s1. The maximum Gasteiger partial charge on any atom is 0.307 e. The van der Waals surface area contributed by atoms with Crippen LogP contribution in [0.4, 0.5) is 5.69 Å². The van der Waals surface area contributed by atoms with Crippen LogP contribution in [-0.4, -0.2) is 32.4 Å². The third kappa shape index (κ3) is 3.09. The summed E-state index contributed by atoms with van der Waals surface area (Å²) in [6.07, 6.45) is 0. The summed E-state index contributed by atoms with van der Waals surface area (Å²) in [4.78, 5) is 23.5. The highest BCUT2D eigenvalue weighted by Gasteiger charge is 2.65. The molecule has 0 spiro atoms. The van der Waals surface area contributed by atoms with Gasteiger partial charge in [-0.2, -0.15) is 0 Å². The highest BCUT2D eigenvalue weighted by Crippen LogP contribution is 2.58. The Morgan fingerprint density at radius 2 is 1.83 bits per heavy atom. The summed E-state index contributed by atoms with van der Waals surface area (Å²) >= 11 is 0. The number of amides is 1. The summed E-state index contributed by atoms with van der Waals surface area (Å²) < 4.78 is 26.1. The van der Waals surface area contributed by atoms with Gasteiger partial charge in [0.2, 0.25) is 15.9 Å². The number of benzene rings is 1. The molecular weight excluding hydrogens is 320 g/mol. The molecule has 0 unspecified atom stereocenters. The second-order valence-corrected chi connectivity index (χ2v) is 8.15. The van der Waals surface area contributed by atoms with Gasteiger partial charge in [0.1, 0.15) is 0 Å². The van der Waals surface area contributed by atoms with Crippen molar-refractivity contribution in [2.45, 2.75) is 25.7 Å². The molecule has 0 aliphatic heterocycles. The lowest BCUT2D eigenvalue weighted by molar-refractivity contribution is -0.140. The number of aryl methyl sites for hydroxylation is 1. The Balaban J connectivity index is 2.24. The van der Waals surface area contributed by atoms with Crippen LogP contribution in [0.3, 0.4) is 0 Å². The van der Waals surface area contributed by atoms with E-state index in [-0.39, 0.29) is 4.90 Å². The van der Waals surface area contributed by atoms with Crippen molar-refractivity contribution in [2.24, 2.45) is 17.3 Å². The Bertz CT molecular complexity index is 770. The van der Waals surface area contributed by atoms with Gasteiger partial charge in [-0.05, 0) is 37.1 Å². The largest absolute Gasteiger partial charge is 0.481 e. The van der Waals surface area contributed by atoms with Crippen LogP contribution in [0.25, 0.3) is 0 Å². The van der Waals surface area contributed by atoms with Gasteiger partial charge in [0.15, 0.2) is 0 Å². The van der Waals surface area contributed by atoms with E-state index in [0.717, 1.165) is 0 Å². The summed E-state index contributed by atoms with van der Waals surface area (Å²) in [6, 6.07) is 4.55. The van der Waals surface area contributed by atoms with Crippen molar-refractivity contribution in [1.82, 2.24) is 4.72 Å². The van der Waals surface area contributed by atoms with Crippen LogP contribution in [0.15, 0.2) is 23.1 Å². The molecule has 1 aromatic carbocycles. The molecule has 8 heteroatoms. The highest BCUT2D eigenvalue weighted by molar-refractivity contribution is 7.89. The smallest absolute Gasteiger partial charge is 0.307 e. The van der Waals surface area contributed by atoms with Gasteiger partial charge in [-0.1, -0.05) is 19.9 Å². The molecule has 2 atom stereocenters. The molecule has 7 nitrogen and oxygen atoms in total. The molecule has 126 valence electrons. The fourth-order valence-corrected chi connectivity index (χ4v) is 3.88. The number of sulfonamides is 1. The normalized spacial score (nSPS) is 22.4. The minimum atomic E-state index is -3.63. The van der Waals surface area contributed by atoms with Crippen molar-refractivity contribution in [1.29, 1.82) is 0 Å². The molecule has 0 radical (unpaired) electrons. The zero-order valence-electron chi connectivity index (χ0n) is 13.4. The van der Waals surface area contributed by atoms with Gasteiger partial charge in [0, 0.05) is 5.69 Å². The summed E-state index contributed by atoms with van der Waals surface area (Å²) in [5.41, 5.74) is 0.259. The van der Waals surface area contributed by atoms with E-state index in [1.807, 2.05) is 0 Å². The lowest BCUT2D eigenvalue weighted by Crippen LogP contribution is -2.21. The molecule has 0 bridgehead atoms. The Hall–Kier alpha value is -1.93. The third-order valence-corrected chi connectivity index (χ3v) is 5.95. The molecule has 0 saturated heterocycles. The van der Waals surface area contributed by atoms with E-state index in [1.165, 1.54) is 13.1 Å². The number of anilines is 1. The highest BCUT2D eigenvalue weighted by atomic mass is 32.2. The predicted molar refractivity (Wildman–Crippen MR) is 84.5 cm³/mol. The maximum atomic E-state index is 12.3. The van der Waals surface area contributed by atoms with Gasteiger partial charge in [0.25, 0.3) is 0 Å². The Kier molecular flexibility index (Phi) is 4.25. The second-order valence-electron chi connectivity index (χ2n) is 6.29. The number of carbonyl (C=O) groups excluding carboxylic acids is 1. The molecule has 1 aliphatic rings. The zero-order valence-corrected chi connectivity index (χ0v) is 14.2. The number of hydrogen-bond donors (Lipinski definition) is 3. The van der Waals surface area contributed by atoms with E-state index >= 15 is 0 Å². The van der Waals surface area contributed by atoms with Crippen LogP contribution in [0.2, 0.25) is 0 Å². The molecule has 23 heavy (non-hydrogen) atoms. The lowest BCUT2D eigenvalue weighted by atomic mass is 10.1. The fourth-order valence-electron chi connectivity index (χ4n) is 2.89. The van der Waals surface area contributed by atoms with E-state index < -0.39 is 39.2 Å². The lowest BCUT2D eigenvalue weighted by Gasteiger charge is -2.11. The third-order valence-electron chi connectivity index (χ3n) is 4.39. The van der Waals surface area contributed by atoms with E-state index in [0.29, 0.717) is 11.3 Å². The molecule has 1 aromatic rings. The van der Waals surface area contributed by atoms with Crippen molar-refractivity contribution in [3.63, 3.8) is 0 Å². The molecule has 1 saturated carbocycles. The van der Waals surface area contributed by atoms with Crippen LogP contribution in [0.1, 0.15) is 19.4 Å². The molecule has 1 fully saturated rings. The van der Waals surface area contributed by atoms with Crippen LogP contribution in [-0.2, 0) is 19.6 Å². The SMILES string of the molecule is CNS(=O)(=O)c1cc(NC(=O)[C@@H]2[C@H](C(=O)O)C2(C)C)ccc1C. The van der Waals surface area contributed by atoms with Gasteiger partial charge in [-0.25, -0.2) is 13.1 Å². The molecule has 3 N–H and O–H groups in total. The minimum Gasteiger partial charge on any atom is -0.481 e. The first kappa shape index (κ1) is 17.4. The molecule has 1 aliphatic carbocycles. The van der Waals surface area contributed by atoms with E-state index in [9.17, 15) is 18.0 Å². The first-order valence-electron chi connectivity index (χ1n) is 7.10. The summed E-state index contributed by atoms with van der Waals surface area (Å²) in [5.74, 6) is -2.78. The van der Waals surface area contributed by atoms with E-state index in [1.54, 1.807) is 32.9 Å². The van der Waals surface area contributed by atoms with Crippen molar-refractivity contribution in [3.8, 4) is 0 Å². The molecule has 0 heterocycles. The topological polar surface area (TPSA) is 113 Å². The van der Waals surface area contributed by atoms with Crippen LogP contribution in [0.5, 0.6) is 0 Å². The van der Waals surface area contributed by atoms with Crippen molar-refractivity contribution in [2.75, 3.05) is 12.4 Å². The Morgan fingerprint density at radius 3 is 2.30 bits per heavy atom. The quantitative estimate of drug-likeness (QED) is 0.745. The summed E-state index contributed by atoms with van der Waals surface area (Å²) in [7, 11) is -2.32. The minimum absolute atomic E-state index is 0.0719. The average Bonchev–Trinajstić information content (AvgIpc) is 3.04. The summed E-state index contributed by atoms with van der Waals surface area (Å²) in [6.45, 7) is 5.10. The van der Waals surface area contributed by atoms with Gasteiger partial charge >= 0.3 is 5.97 Å². The van der Waals surface area contributed by atoms with Gasteiger partial charge in [-0.3, -0.25) is 9.59 Å². The maximum absolute atomic E-state index is 12.3. The van der Waals surface area contributed by atoms with E-state index in [2.05, 4.69) is 10.0 Å². The van der Waals surface area contributed by atoms with Crippen molar-refractivity contribution < 1.29 is 23.1 Å². The number of carbonyl (C=O) groups is 2. The van der Waals surface area contributed by atoms with Crippen molar-refractivity contribution in [3.05, 3.63) is 23.8 Å². The first-order valence-corrected chi connectivity index (χ1v) is 8.58. The summed E-state index contributed by atoms with van der Waals surface area (Å²) in [5, 5.41) is 11.7. The average molecular weight is 340 g/mol. The molecule has 1 amide bonds. The molecule has 0 aromatic heterocycles. The predicted octanol–water partition coefficient (Wildman–Crippen LogP) is 1.20. The monoisotopic (exact) mass is 340 g/mol. The van der Waals surface area contributed by atoms with Crippen molar-refractivity contribution >= 4 is 27.6 Å². The molecular formula is C15H20N2O5S. The van der Waals surface area contributed by atoms with E-state index in [4.69, 9.17) is 5.11 Å². The number of hydrogen-bond acceptors (Lipinski definition) is 4. The van der Waals surface area contributed by atoms with Gasteiger partial charge in [0.05, 0.1) is 16.7 Å². The van der Waals surface area contributed by atoms with Crippen LogP contribution < -0.4 is 10.0 Å². The fraction of sp³-hybridized carbons (Fsp3) is 0.467. The van der Waals surface area contributed by atoms with Crippen LogP contribution >= 0.6 is 0 Å². The van der Waals surface area contributed by atoms with Gasteiger partial charge < -0.3 is 10.4 Å². The first-order chi connectivity index (χ1) is 10.5. The Morgan fingerprint density at radius 1 is 1.22 bits per heavy atom.